The van der Waals surface area contributed by atoms with Gasteiger partial charge in [-0.2, -0.15) is 0 Å². The third-order valence-electron chi connectivity index (χ3n) is 3.63. The molecule has 0 N–H and O–H groups in total. The fraction of sp³-hybridized carbons (Fsp3) is 0.222. The lowest BCUT2D eigenvalue weighted by Gasteiger charge is -2.13. The second-order valence-electron chi connectivity index (χ2n) is 5.09. The summed E-state index contributed by atoms with van der Waals surface area (Å²) in [5.41, 5.74) is 0.167. The van der Waals surface area contributed by atoms with Crippen molar-refractivity contribution in [2.24, 2.45) is 0 Å². The molecule has 7 nitrogen and oxygen atoms in total. The standard InChI is InChI=1S/C18H18FNO6/c1-23-15-6-5-12(10-14(15)20(21)22)13(19)7-11-8-16(24-2)18(26-4)17(9-11)25-3/h5-10H,1-4H3/b13-7-. The van der Waals surface area contributed by atoms with Crippen LogP contribution in [0.1, 0.15) is 11.1 Å². The molecule has 0 aromatic heterocycles. The highest BCUT2D eigenvalue weighted by molar-refractivity contribution is 5.79. The number of hydrogen-bond acceptors (Lipinski definition) is 6. The minimum absolute atomic E-state index is 0.0475. The summed E-state index contributed by atoms with van der Waals surface area (Å²) in [6.07, 6.45) is 1.22. The predicted molar refractivity (Wildman–Crippen MR) is 94.7 cm³/mol. The van der Waals surface area contributed by atoms with E-state index < -0.39 is 10.8 Å². The first-order valence-corrected chi connectivity index (χ1v) is 7.45. The lowest BCUT2D eigenvalue weighted by molar-refractivity contribution is -0.385. The van der Waals surface area contributed by atoms with Crippen LogP contribution in [0.5, 0.6) is 23.0 Å². The van der Waals surface area contributed by atoms with E-state index >= 15 is 0 Å². The van der Waals surface area contributed by atoms with E-state index in [1.165, 1.54) is 46.6 Å². The molecule has 138 valence electrons. The van der Waals surface area contributed by atoms with Gasteiger partial charge in [-0.3, -0.25) is 10.1 Å². The van der Waals surface area contributed by atoms with Gasteiger partial charge in [0.25, 0.3) is 0 Å². The first kappa shape index (κ1) is 19.0. The van der Waals surface area contributed by atoms with E-state index in [0.29, 0.717) is 22.8 Å². The number of nitro groups is 1. The average Bonchev–Trinajstić information content (AvgIpc) is 2.66. The number of hydrogen-bond donors (Lipinski definition) is 0. The van der Waals surface area contributed by atoms with Crippen molar-refractivity contribution in [2.75, 3.05) is 28.4 Å². The third kappa shape index (κ3) is 3.85. The molecule has 8 heteroatoms. The fourth-order valence-electron chi connectivity index (χ4n) is 2.40. The van der Waals surface area contributed by atoms with Crippen molar-refractivity contribution in [1.82, 2.24) is 0 Å². The number of rotatable bonds is 7. The summed E-state index contributed by atoms with van der Waals surface area (Å²) in [5.74, 6) is 0.509. The zero-order valence-corrected chi connectivity index (χ0v) is 14.7. The van der Waals surface area contributed by atoms with E-state index in [1.54, 1.807) is 12.1 Å². The summed E-state index contributed by atoms with van der Waals surface area (Å²) in [6, 6.07) is 6.99. The van der Waals surface area contributed by atoms with Gasteiger partial charge < -0.3 is 18.9 Å². The molecule has 0 unspecified atom stereocenters. The van der Waals surface area contributed by atoms with Gasteiger partial charge in [0.15, 0.2) is 17.2 Å². The Labute approximate surface area is 149 Å². The van der Waals surface area contributed by atoms with Crippen LogP contribution in [0.3, 0.4) is 0 Å². The number of ether oxygens (including phenoxy) is 4. The van der Waals surface area contributed by atoms with Gasteiger partial charge >= 0.3 is 5.69 Å². The Morgan fingerprint density at radius 2 is 1.54 bits per heavy atom. The van der Waals surface area contributed by atoms with Crippen LogP contribution in [0, 0.1) is 10.1 Å². The Kier molecular flexibility index (Phi) is 6.00. The van der Waals surface area contributed by atoms with Gasteiger partial charge in [-0.05, 0) is 35.9 Å². The van der Waals surface area contributed by atoms with E-state index in [9.17, 15) is 14.5 Å². The third-order valence-corrected chi connectivity index (χ3v) is 3.63. The number of benzene rings is 2. The molecule has 0 amide bonds. The second-order valence-corrected chi connectivity index (χ2v) is 5.09. The molecular weight excluding hydrogens is 345 g/mol. The Morgan fingerprint density at radius 1 is 0.962 bits per heavy atom. The molecule has 2 aromatic carbocycles. The maximum atomic E-state index is 14.6. The Balaban J connectivity index is 2.50. The van der Waals surface area contributed by atoms with Crippen molar-refractivity contribution in [3.8, 4) is 23.0 Å². The van der Waals surface area contributed by atoms with Crippen LogP contribution in [0.25, 0.3) is 11.9 Å². The zero-order chi connectivity index (χ0) is 19.3. The van der Waals surface area contributed by atoms with Crippen LogP contribution < -0.4 is 18.9 Å². The average molecular weight is 363 g/mol. The molecule has 2 aromatic rings. The second kappa shape index (κ2) is 8.19. The van der Waals surface area contributed by atoms with Crippen LogP contribution in [-0.2, 0) is 0 Å². The maximum Gasteiger partial charge on any atom is 0.311 e. The summed E-state index contributed by atoms with van der Waals surface area (Å²) >= 11 is 0. The summed E-state index contributed by atoms with van der Waals surface area (Å²) in [6.45, 7) is 0. The van der Waals surface area contributed by atoms with Crippen LogP contribution in [0.2, 0.25) is 0 Å². The Bertz CT molecular complexity index is 825. The van der Waals surface area contributed by atoms with Crippen molar-refractivity contribution >= 4 is 17.6 Å². The maximum absolute atomic E-state index is 14.6. The Morgan fingerprint density at radius 3 is 2.00 bits per heavy atom. The van der Waals surface area contributed by atoms with Gasteiger partial charge in [-0.15, -0.1) is 0 Å². The molecule has 0 saturated heterocycles. The minimum Gasteiger partial charge on any atom is -0.493 e. The molecule has 0 bridgehead atoms. The van der Waals surface area contributed by atoms with Gasteiger partial charge in [0, 0.05) is 11.6 Å². The topological polar surface area (TPSA) is 80.1 Å². The summed E-state index contributed by atoms with van der Waals surface area (Å²) in [5, 5.41) is 11.1. The SMILES string of the molecule is COc1ccc(/C(F)=C/c2cc(OC)c(OC)c(OC)c2)cc1[N+](=O)[O-]. The van der Waals surface area contributed by atoms with Crippen LogP contribution in [0.15, 0.2) is 30.3 Å². The van der Waals surface area contributed by atoms with E-state index in [1.807, 2.05) is 0 Å². The lowest BCUT2D eigenvalue weighted by Crippen LogP contribution is -1.96. The largest absolute Gasteiger partial charge is 0.493 e. The number of nitro benzene ring substituents is 1. The van der Waals surface area contributed by atoms with Crippen molar-refractivity contribution < 1.29 is 28.3 Å². The number of nitrogens with zero attached hydrogens (tertiary/aromatic N) is 1. The highest BCUT2D eigenvalue weighted by atomic mass is 19.1. The molecule has 26 heavy (non-hydrogen) atoms. The molecule has 0 radical (unpaired) electrons. The lowest BCUT2D eigenvalue weighted by atomic mass is 10.1. The quantitative estimate of drug-likeness (QED) is 0.419. The molecule has 0 aliphatic heterocycles. The smallest absolute Gasteiger partial charge is 0.311 e. The van der Waals surface area contributed by atoms with Gasteiger partial charge in [0.1, 0.15) is 5.83 Å². The fourth-order valence-corrected chi connectivity index (χ4v) is 2.40. The van der Waals surface area contributed by atoms with Gasteiger partial charge in [-0.25, -0.2) is 4.39 Å². The first-order valence-electron chi connectivity index (χ1n) is 7.45. The van der Waals surface area contributed by atoms with Crippen LogP contribution >= 0.6 is 0 Å². The van der Waals surface area contributed by atoms with Crippen molar-refractivity contribution in [1.29, 1.82) is 0 Å². The van der Waals surface area contributed by atoms with Crippen LogP contribution in [-0.4, -0.2) is 33.4 Å². The summed E-state index contributed by atoms with van der Waals surface area (Å²) in [4.78, 5) is 10.5. The van der Waals surface area contributed by atoms with Gasteiger partial charge in [0.05, 0.1) is 33.4 Å². The minimum atomic E-state index is -0.662. The molecule has 0 spiro atoms. The van der Waals surface area contributed by atoms with Crippen LogP contribution in [0.4, 0.5) is 10.1 Å². The zero-order valence-electron chi connectivity index (χ0n) is 14.7. The predicted octanol–water partition coefficient (Wildman–Crippen LogP) is 4.10. The molecule has 0 aliphatic carbocycles. The van der Waals surface area contributed by atoms with E-state index in [-0.39, 0.29) is 17.0 Å². The van der Waals surface area contributed by atoms with E-state index in [4.69, 9.17) is 18.9 Å². The molecule has 0 saturated carbocycles. The highest BCUT2D eigenvalue weighted by Gasteiger charge is 2.17. The normalized spacial score (nSPS) is 11.0. The molecule has 0 heterocycles. The van der Waals surface area contributed by atoms with Crippen molar-refractivity contribution in [3.63, 3.8) is 0 Å². The van der Waals surface area contributed by atoms with E-state index in [2.05, 4.69) is 0 Å². The number of halogens is 1. The summed E-state index contributed by atoms with van der Waals surface area (Å²) < 4.78 is 35.2. The first-order chi connectivity index (χ1) is 12.4. The monoisotopic (exact) mass is 363 g/mol. The summed E-state index contributed by atoms with van der Waals surface area (Å²) in [7, 11) is 5.68. The van der Waals surface area contributed by atoms with Gasteiger partial charge in [-0.1, -0.05) is 0 Å². The molecular formula is C18H18FNO6. The highest BCUT2D eigenvalue weighted by Crippen LogP contribution is 2.39. The van der Waals surface area contributed by atoms with Crippen molar-refractivity contribution in [2.45, 2.75) is 0 Å². The van der Waals surface area contributed by atoms with E-state index in [0.717, 1.165) is 6.07 Å². The van der Waals surface area contributed by atoms with Crippen molar-refractivity contribution in [3.05, 3.63) is 51.6 Å². The van der Waals surface area contributed by atoms with Gasteiger partial charge in [0.2, 0.25) is 5.75 Å². The Hall–Kier alpha value is -3.29. The molecule has 0 atom stereocenters. The molecule has 2 rings (SSSR count). The molecule has 0 fully saturated rings. The molecule has 0 aliphatic rings. The number of methoxy groups -OCH3 is 4.